The lowest BCUT2D eigenvalue weighted by atomic mass is 9.99. The highest BCUT2D eigenvalue weighted by Gasteiger charge is 2.13. The van der Waals surface area contributed by atoms with Crippen LogP contribution in [0.5, 0.6) is 0 Å². The molecule has 0 radical (unpaired) electrons. The van der Waals surface area contributed by atoms with Gasteiger partial charge in [-0.05, 0) is 12.3 Å². The first-order valence-electron chi connectivity index (χ1n) is 3.65. The summed E-state index contributed by atoms with van der Waals surface area (Å²) in [7, 11) is 0. The molecule has 0 saturated carbocycles. The minimum absolute atomic E-state index is 0. The van der Waals surface area contributed by atoms with Gasteiger partial charge in [0.25, 0.3) is 0 Å². The van der Waals surface area contributed by atoms with Crippen LogP contribution in [0, 0.1) is 5.41 Å². The number of halogens is 1. The molecule has 0 aromatic heterocycles. The van der Waals surface area contributed by atoms with Crippen LogP contribution in [-0.2, 0) is 9.53 Å². The number of carbonyl (C=O) groups is 1. The van der Waals surface area contributed by atoms with Crippen molar-refractivity contribution in [2.45, 2.75) is 27.7 Å². The van der Waals surface area contributed by atoms with Crippen molar-refractivity contribution < 1.29 is 21.9 Å². The van der Waals surface area contributed by atoms with Gasteiger partial charge in [-0.3, -0.25) is 0 Å². The molecule has 0 heterocycles. The summed E-state index contributed by atoms with van der Waals surface area (Å²) in [6.07, 6.45) is 0. The summed E-state index contributed by atoms with van der Waals surface area (Å²) in [6, 6.07) is 0. The van der Waals surface area contributed by atoms with Crippen molar-refractivity contribution in [1.29, 1.82) is 0 Å². The fourth-order valence-electron chi connectivity index (χ4n) is 0.405. The molecule has 0 amide bonds. The highest BCUT2D eigenvalue weighted by Crippen LogP contribution is 2.13. The van der Waals surface area contributed by atoms with Crippen LogP contribution in [0.15, 0.2) is 12.2 Å². The third kappa shape index (κ3) is 11.5. The number of esters is 1. The van der Waals surface area contributed by atoms with Crippen LogP contribution in [0.4, 0.5) is 0 Å². The Hall–Kier alpha value is -0.540. The summed E-state index contributed by atoms with van der Waals surface area (Å²) < 4.78 is 4.93. The lowest BCUT2D eigenvalue weighted by Crippen LogP contribution is -3.00. The predicted octanol–water partition coefficient (Wildman–Crippen LogP) is -0.468. The normalized spacial score (nSPS) is 9.23. The summed E-state index contributed by atoms with van der Waals surface area (Å²) in [5.41, 5.74) is 0.486. The van der Waals surface area contributed by atoms with Crippen molar-refractivity contribution in [1.82, 2.24) is 6.15 Å². The zero-order chi connectivity index (χ0) is 9.07. The first-order valence-corrected chi connectivity index (χ1v) is 3.65. The Labute approximate surface area is 86.5 Å². The number of rotatable bonds is 2. The molecule has 0 aromatic rings. The molecule has 4 heteroatoms. The molecular formula is C9H20ClNO2. The molecule has 0 aliphatic carbocycles. The largest absolute Gasteiger partial charge is 1.00 e. The van der Waals surface area contributed by atoms with Crippen molar-refractivity contribution in [2.24, 2.45) is 5.41 Å². The minimum Gasteiger partial charge on any atom is -1.00 e. The molecule has 0 unspecified atom stereocenters. The molecule has 0 aliphatic rings. The Bertz CT molecular complexity index is 173. The SMILES string of the molecule is C=C(C)C(=O)OCC(C)(C)C.[Cl-].[NH4+]. The van der Waals surface area contributed by atoms with E-state index in [1.165, 1.54) is 0 Å². The highest BCUT2D eigenvalue weighted by molar-refractivity contribution is 5.86. The smallest absolute Gasteiger partial charge is 0.333 e. The Morgan fingerprint density at radius 3 is 2.00 bits per heavy atom. The van der Waals surface area contributed by atoms with Crippen LogP contribution in [0.25, 0.3) is 0 Å². The molecule has 4 N–H and O–H groups in total. The number of ether oxygens (including phenoxy) is 1. The summed E-state index contributed by atoms with van der Waals surface area (Å²) >= 11 is 0. The molecule has 80 valence electrons. The van der Waals surface area contributed by atoms with E-state index in [1.54, 1.807) is 6.92 Å². The molecule has 0 spiro atoms. The van der Waals surface area contributed by atoms with Crippen LogP contribution in [0.2, 0.25) is 0 Å². The fourth-order valence-corrected chi connectivity index (χ4v) is 0.405. The predicted molar refractivity (Wildman–Crippen MR) is 51.2 cm³/mol. The van der Waals surface area contributed by atoms with Crippen LogP contribution < -0.4 is 18.6 Å². The van der Waals surface area contributed by atoms with Gasteiger partial charge in [0.15, 0.2) is 0 Å². The van der Waals surface area contributed by atoms with Crippen LogP contribution in [0.1, 0.15) is 27.7 Å². The van der Waals surface area contributed by atoms with Gasteiger partial charge in [0.05, 0.1) is 6.61 Å². The number of hydrogen-bond acceptors (Lipinski definition) is 2. The second kappa shape index (κ2) is 6.92. The summed E-state index contributed by atoms with van der Waals surface area (Å²) in [5, 5.41) is 0. The monoisotopic (exact) mass is 209 g/mol. The number of quaternary nitrogens is 1. The van der Waals surface area contributed by atoms with E-state index in [4.69, 9.17) is 4.74 Å². The molecule has 0 bridgehead atoms. The molecule has 0 atom stereocenters. The first kappa shape index (κ1) is 18.3. The molecule has 3 nitrogen and oxygen atoms in total. The number of carbonyl (C=O) groups excluding carboxylic acids is 1. The third-order valence-corrected chi connectivity index (χ3v) is 0.985. The van der Waals surface area contributed by atoms with Gasteiger partial charge in [-0.1, -0.05) is 27.4 Å². The van der Waals surface area contributed by atoms with Crippen LogP contribution in [-0.4, -0.2) is 12.6 Å². The van der Waals surface area contributed by atoms with E-state index in [0.29, 0.717) is 12.2 Å². The fraction of sp³-hybridized carbons (Fsp3) is 0.667. The number of hydrogen-bond donors (Lipinski definition) is 1. The van der Waals surface area contributed by atoms with E-state index >= 15 is 0 Å². The van der Waals surface area contributed by atoms with E-state index in [9.17, 15) is 4.79 Å². The van der Waals surface area contributed by atoms with Gasteiger partial charge in [0.1, 0.15) is 0 Å². The van der Waals surface area contributed by atoms with Gasteiger partial charge in [0, 0.05) is 5.57 Å². The lowest BCUT2D eigenvalue weighted by Gasteiger charge is -2.17. The summed E-state index contributed by atoms with van der Waals surface area (Å²) in [6.45, 7) is 11.6. The molecule has 0 aliphatic heterocycles. The summed E-state index contributed by atoms with van der Waals surface area (Å²) in [5.74, 6) is -0.306. The average Bonchev–Trinajstić information content (AvgIpc) is 1.80. The maximum Gasteiger partial charge on any atom is 0.333 e. The first-order chi connectivity index (χ1) is 4.83. The molecule has 0 aromatic carbocycles. The molecular weight excluding hydrogens is 190 g/mol. The highest BCUT2D eigenvalue weighted by atomic mass is 35.5. The Balaban J connectivity index is -0.000000500. The average molecular weight is 210 g/mol. The van der Waals surface area contributed by atoms with Crippen molar-refractivity contribution in [3.8, 4) is 0 Å². The molecule has 0 fully saturated rings. The van der Waals surface area contributed by atoms with Crippen molar-refractivity contribution in [3.05, 3.63) is 12.2 Å². The van der Waals surface area contributed by atoms with E-state index < -0.39 is 0 Å². The summed E-state index contributed by atoms with van der Waals surface area (Å²) in [4.78, 5) is 10.9. The van der Waals surface area contributed by atoms with E-state index in [-0.39, 0.29) is 29.9 Å². The standard InChI is InChI=1S/C9H16O2.ClH.H3N/c1-7(2)8(10)11-6-9(3,4)5;;/h1,6H2,2-5H3;1H;1H3. The molecule has 0 saturated heterocycles. The van der Waals surface area contributed by atoms with Gasteiger partial charge in [-0.15, -0.1) is 0 Å². The van der Waals surface area contributed by atoms with E-state index in [2.05, 4.69) is 6.58 Å². The van der Waals surface area contributed by atoms with Gasteiger partial charge >= 0.3 is 5.97 Å². The van der Waals surface area contributed by atoms with Crippen LogP contribution in [0.3, 0.4) is 0 Å². The van der Waals surface area contributed by atoms with Crippen molar-refractivity contribution in [3.63, 3.8) is 0 Å². The van der Waals surface area contributed by atoms with Gasteiger partial charge in [-0.2, -0.15) is 0 Å². The lowest BCUT2D eigenvalue weighted by molar-refractivity contribution is -0.141. The quantitative estimate of drug-likeness (QED) is 0.494. The van der Waals surface area contributed by atoms with Crippen molar-refractivity contribution >= 4 is 5.97 Å². The Morgan fingerprint density at radius 2 is 1.77 bits per heavy atom. The zero-order valence-electron chi connectivity index (χ0n) is 9.11. The van der Waals surface area contributed by atoms with Gasteiger partial charge < -0.3 is 23.3 Å². The maximum atomic E-state index is 10.9. The molecule has 13 heavy (non-hydrogen) atoms. The second-order valence-corrected chi connectivity index (χ2v) is 3.92. The minimum atomic E-state index is -0.306. The second-order valence-electron chi connectivity index (χ2n) is 3.92. The maximum absolute atomic E-state index is 10.9. The van der Waals surface area contributed by atoms with Gasteiger partial charge in [-0.25, -0.2) is 4.79 Å². The van der Waals surface area contributed by atoms with Gasteiger partial charge in [0.2, 0.25) is 0 Å². The Kier molecular flexibility index (Phi) is 9.73. The molecule has 0 rings (SSSR count). The zero-order valence-corrected chi connectivity index (χ0v) is 9.86. The Morgan fingerprint density at radius 1 is 1.38 bits per heavy atom. The van der Waals surface area contributed by atoms with E-state index in [1.807, 2.05) is 20.8 Å². The third-order valence-electron chi connectivity index (χ3n) is 0.985. The van der Waals surface area contributed by atoms with Crippen molar-refractivity contribution in [2.75, 3.05) is 6.61 Å². The van der Waals surface area contributed by atoms with E-state index in [0.717, 1.165) is 0 Å². The van der Waals surface area contributed by atoms with Crippen LogP contribution >= 0.6 is 0 Å². The topological polar surface area (TPSA) is 62.8 Å².